The molecule has 0 spiro atoms. The second kappa shape index (κ2) is 9.29. The lowest BCUT2D eigenvalue weighted by molar-refractivity contribution is -0.153. The van der Waals surface area contributed by atoms with Gasteiger partial charge in [-0.1, -0.05) is 48.5 Å². The first-order valence-corrected chi connectivity index (χ1v) is 11.6. The van der Waals surface area contributed by atoms with Gasteiger partial charge >= 0.3 is 5.97 Å². The number of rotatable bonds is 8. The highest BCUT2D eigenvalue weighted by Gasteiger charge is 2.46. The van der Waals surface area contributed by atoms with E-state index in [2.05, 4.69) is 0 Å². The molecule has 3 rings (SSSR count). The third-order valence-corrected chi connectivity index (χ3v) is 7.36. The molecule has 2 aromatic rings. The van der Waals surface area contributed by atoms with Gasteiger partial charge in [0.15, 0.2) is 15.6 Å². The largest absolute Gasteiger partial charge is 0.466 e. The number of benzene rings is 2. The van der Waals surface area contributed by atoms with Crippen LogP contribution in [0.3, 0.4) is 0 Å². The Bertz CT molecular complexity index is 940. The second-order valence-corrected chi connectivity index (χ2v) is 9.80. The molecule has 0 N–H and O–H groups in total. The molecule has 1 aliphatic heterocycles. The van der Waals surface area contributed by atoms with E-state index in [4.69, 9.17) is 14.2 Å². The summed E-state index contributed by atoms with van der Waals surface area (Å²) in [5, 5.41) is -0.993. The summed E-state index contributed by atoms with van der Waals surface area (Å²) in [5.41, 5.74) is 0.601. The highest BCUT2D eigenvalue weighted by atomic mass is 32.2. The third-order valence-electron chi connectivity index (χ3n) is 5.14. The molecule has 0 saturated carbocycles. The lowest BCUT2D eigenvalue weighted by Crippen LogP contribution is -2.36. The maximum absolute atomic E-state index is 13.8. The van der Waals surface area contributed by atoms with Gasteiger partial charge in [-0.25, -0.2) is 8.42 Å². The Balaban J connectivity index is 2.10. The smallest absolute Gasteiger partial charge is 0.306 e. The van der Waals surface area contributed by atoms with Crippen molar-refractivity contribution in [1.29, 1.82) is 0 Å². The predicted octanol–water partition coefficient (Wildman–Crippen LogP) is 3.92. The van der Waals surface area contributed by atoms with Crippen molar-refractivity contribution >= 4 is 15.8 Å². The Morgan fingerprint density at radius 1 is 1.10 bits per heavy atom. The topological polar surface area (TPSA) is 78.9 Å². The van der Waals surface area contributed by atoms with Gasteiger partial charge in [-0.05, 0) is 38.5 Å². The molecule has 1 fully saturated rings. The van der Waals surface area contributed by atoms with E-state index in [-0.39, 0.29) is 24.5 Å². The molecule has 6 nitrogen and oxygen atoms in total. The van der Waals surface area contributed by atoms with E-state index >= 15 is 0 Å². The zero-order chi connectivity index (χ0) is 21.8. The molecule has 7 heteroatoms. The van der Waals surface area contributed by atoms with Crippen LogP contribution in [0.25, 0.3) is 0 Å². The zero-order valence-electron chi connectivity index (χ0n) is 17.5. The van der Waals surface area contributed by atoms with Crippen LogP contribution in [0.15, 0.2) is 65.6 Å². The molecule has 0 aromatic heterocycles. The van der Waals surface area contributed by atoms with Crippen LogP contribution < -0.4 is 0 Å². The molecule has 2 aromatic carbocycles. The molecule has 1 heterocycles. The van der Waals surface area contributed by atoms with Gasteiger partial charge < -0.3 is 14.2 Å². The first-order chi connectivity index (χ1) is 14.2. The Hall–Kier alpha value is -2.22. The van der Waals surface area contributed by atoms with Crippen LogP contribution in [0.4, 0.5) is 0 Å². The number of esters is 1. The monoisotopic (exact) mass is 432 g/mol. The molecule has 1 aliphatic rings. The summed E-state index contributed by atoms with van der Waals surface area (Å²) in [6.07, 6.45) is -0.670. The Morgan fingerprint density at radius 2 is 1.70 bits per heavy atom. The van der Waals surface area contributed by atoms with Crippen molar-refractivity contribution in [2.24, 2.45) is 5.92 Å². The Morgan fingerprint density at radius 3 is 2.23 bits per heavy atom. The maximum Gasteiger partial charge on any atom is 0.306 e. The molecule has 0 bridgehead atoms. The minimum absolute atomic E-state index is 0.0937. The second-order valence-electron chi connectivity index (χ2n) is 7.73. The fourth-order valence-electron chi connectivity index (χ4n) is 3.83. The van der Waals surface area contributed by atoms with Crippen molar-refractivity contribution in [3.8, 4) is 0 Å². The summed E-state index contributed by atoms with van der Waals surface area (Å²) < 4.78 is 44.5. The number of sulfone groups is 1. The molecule has 162 valence electrons. The summed E-state index contributed by atoms with van der Waals surface area (Å²) in [4.78, 5) is 12.7. The van der Waals surface area contributed by atoms with Gasteiger partial charge in [-0.2, -0.15) is 0 Å². The molecule has 0 radical (unpaired) electrons. The molecule has 0 amide bonds. The van der Waals surface area contributed by atoms with Crippen molar-refractivity contribution in [3.63, 3.8) is 0 Å². The van der Waals surface area contributed by atoms with Crippen LogP contribution in [0.1, 0.15) is 38.0 Å². The van der Waals surface area contributed by atoms with Crippen molar-refractivity contribution in [2.75, 3.05) is 13.2 Å². The van der Waals surface area contributed by atoms with Gasteiger partial charge in [-0.15, -0.1) is 0 Å². The average molecular weight is 433 g/mol. The van der Waals surface area contributed by atoms with Gasteiger partial charge in [0.25, 0.3) is 0 Å². The summed E-state index contributed by atoms with van der Waals surface area (Å²) >= 11 is 0. The number of carbonyl (C=O) groups excluding carboxylic acids is 1. The summed E-state index contributed by atoms with van der Waals surface area (Å²) in [6, 6.07) is 17.2. The standard InChI is InChI=1S/C23H28O6S/c1-4-27-21(24)15-19(20-16-28-23(2,3)29-20)22(17-11-7-5-8-12-17)30(25,26)18-13-9-6-10-14-18/h5-14,19-20,22H,4,15-16H2,1-3H3/t19-,20-,22-/m1/s1. The van der Waals surface area contributed by atoms with Gasteiger partial charge in [0.05, 0.1) is 35.9 Å². The normalized spacial score (nSPS) is 20.4. The van der Waals surface area contributed by atoms with Crippen LogP contribution in [-0.2, 0) is 28.8 Å². The van der Waals surface area contributed by atoms with E-state index in [1.165, 1.54) is 0 Å². The fraction of sp³-hybridized carbons (Fsp3) is 0.435. The van der Waals surface area contributed by atoms with E-state index in [1.54, 1.807) is 75.4 Å². The number of ether oxygens (including phenoxy) is 3. The van der Waals surface area contributed by atoms with Gasteiger partial charge in [0.1, 0.15) is 0 Å². The SMILES string of the molecule is CCOC(=O)C[C@@H]([C@@H](c1ccccc1)S(=O)(=O)c1ccccc1)[C@H]1COC(C)(C)O1. The van der Waals surface area contributed by atoms with Crippen molar-refractivity contribution in [2.45, 2.75) is 49.2 Å². The van der Waals surface area contributed by atoms with Gasteiger partial charge in [0.2, 0.25) is 0 Å². The Kier molecular flexibility index (Phi) is 6.95. The highest BCUT2D eigenvalue weighted by molar-refractivity contribution is 7.91. The summed E-state index contributed by atoms with van der Waals surface area (Å²) in [6.45, 7) is 5.70. The first-order valence-electron chi connectivity index (χ1n) is 10.1. The van der Waals surface area contributed by atoms with Crippen molar-refractivity contribution in [3.05, 3.63) is 66.2 Å². The minimum Gasteiger partial charge on any atom is -0.466 e. The van der Waals surface area contributed by atoms with Crippen LogP contribution in [0.5, 0.6) is 0 Å². The first kappa shape index (κ1) is 22.5. The van der Waals surface area contributed by atoms with E-state index < -0.39 is 38.9 Å². The van der Waals surface area contributed by atoms with Gasteiger partial charge in [0, 0.05) is 5.92 Å². The molecule has 0 aliphatic carbocycles. The number of carbonyl (C=O) groups is 1. The summed E-state index contributed by atoms with van der Waals surface area (Å²) in [7, 11) is -3.83. The van der Waals surface area contributed by atoms with Crippen molar-refractivity contribution < 1.29 is 27.4 Å². The van der Waals surface area contributed by atoms with Crippen LogP contribution in [0, 0.1) is 5.92 Å². The minimum atomic E-state index is -3.83. The van der Waals surface area contributed by atoms with E-state index in [9.17, 15) is 13.2 Å². The third kappa shape index (κ3) is 5.09. The lowest BCUT2D eigenvalue weighted by atomic mass is 9.90. The van der Waals surface area contributed by atoms with Crippen LogP contribution in [0.2, 0.25) is 0 Å². The zero-order valence-corrected chi connectivity index (χ0v) is 18.3. The predicted molar refractivity (Wildman–Crippen MR) is 112 cm³/mol. The number of hydrogen-bond donors (Lipinski definition) is 0. The van der Waals surface area contributed by atoms with Crippen molar-refractivity contribution in [1.82, 2.24) is 0 Å². The van der Waals surface area contributed by atoms with Crippen LogP contribution in [-0.4, -0.2) is 39.5 Å². The van der Waals surface area contributed by atoms with E-state index in [0.717, 1.165) is 0 Å². The van der Waals surface area contributed by atoms with Crippen LogP contribution >= 0.6 is 0 Å². The maximum atomic E-state index is 13.8. The molecular weight excluding hydrogens is 404 g/mol. The quantitative estimate of drug-likeness (QED) is 0.588. The molecule has 30 heavy (non-hydrogen) atoms. The number of hydrogen-bond acceptors (Lipinski definition) is 6. The van der Waals surface area contributed by atoms with E-state index in [0.29, 0.717) is 5.56 Å². The molecule has 3 atom stereocenters. The highest BCUT2D eigenvalue weighted by Crippen LogP contribution is 2.42. The van der Waals surface area contributed by atoms with E-state index in [1.807, 2.05) is 6.07 Å². The molecule has 0 unspecified atom stereocenters. The molecular formula is C23H28O6S. The Labute approximate surface area is 178 Å². The lowest BCUT2D eigenvalue weighted by Gasteiger charge is -2.31. The fourth-order valence-corrected chi connectivity index (χ4v) is 5.91. The van der Waals surface area contributed by atoms with Gasteiger partial charge in [-0.3, -0.25) is 4.79 Å². The average Bonchev–Trinajstić information content (AvgIpc) is 3.08. The molecule has 1 saturated heterocycles. The summed E-state index contributed by atoms with van der Waals surface area (Å²) in [5.74, 6) is -1.99.